The van der Waals surface area contributed by atoms with E-state index in [1.54, 1.807) is 0 Å². The quantitative estimate of drug-likeness (QED) is 0.734. The van der Waals surface area contributed by atoms with E-state index in [-0.39, 0.29) is 11.8 Å². The van der Waals surface area contributed by atoms with Gasteiger partial charge in [0.1, 0.15) is 5.82 Å². The summed E-state index contributed by atoms with van der Waals surface area (Å²) in [4.78, 5) is 16.1. The molecule has 2 aromatic heterocycles. The Morgan fingerprint density at radius 1 is 1.17 bits per heavy atom. The third-order valence-electron chi connectivity index (χ3n) is 4.50. The molecule has 3 heterocycles. The molecule has 1 aliphatic rings. The molecule has 1 fully saturated rings. The zero-order valence-electron chi connectivity index (χ0n) is 14.0. The predicted octanol–water partition coefficient (Wildman–Crippen LogP) is 3.52. The minimum atomic E-state index is 0.261. The smallest absolute Gasteiger partial charge is 0.229 e. The van der Waals surface area contributed by atoms with Crippen molar-refractivity contribution in [1.29, 1.82) is 0 Å². The number of para-hydroxylation sites is 2. The van der Waals surface area contributed by atoms with Crippen molar-refractivity contribution in [2.24, 2.45) is 0 Å². The molecule has 1 aromatic carbocycles. The summed E-state index contributed by atoms with van der Waals surface area (Å²) >= 11 is 0. The van der Waals surface area contributed by atoms with E-state index in [1.165, 1.54) is 0 Å². The second-order valence-electron chi connectivity index (χ2n) is 6.65. The van der Waals surface area contributed by atoms with E-state index in [2.05, 4.69) is 33.9 Å². The molecule has 0 unspecified atom stereocenters. The lowest BCUT2D eigenvalue weighted by molar-refractivity contribution is 0.354. The van der Waals surface area contributed by atoms with Crippen LogP contribution < -0.4 is 4.90 Å². The molecule has 1 saturated heterocycles. The number of hydrogen-bond acceptors (Lipinski definition) is 6. The van der Waals surface area contributed by atoms with Gasteiger partial charge in [-0.25, -0.2) is 4.98 Å². The lowest BCUT2D eigenvalue weighted by Crippen LogP contribution is -2.35. The molecule has 124 valence electrons. The molecule has 6 heteroatoms. The molecule has 6 nitrogen and oxygen atoms in total. The first-order chi connectivity index (χ1) is 11.7. The Labute approximate surface area is 140 Å². The molecule has 0 saturated carbocycles. The van der Waals surface area contributed by atoms with Crippen molar-refractivity contribution in [3.8, 4) is 0 Å². The van der Waals surface area contributed by atoms with E-state index >= 15 is 0 Å². The van der Waals surface area contributed by atoms with E-state index < -0.39 is 0 Å². The van der Waals surface area contributed by atoms with Crippen LogP contribution in [0.3, 0.4) is 0 Å². The zero-order chi connectivity index (χ0) is 16.5. The van der Waals surface area contributed by atoms with E-state index in [9.17, 15) is 0 Å². The topological polar surface area (TPSA) is 67.9 Å². The van der Waals surface area contributed by atoms with Crippen LogP contribution in [0.2, 0.25) is 0 Å². The first-order valence-corrected chi connectivity index (χ1v) is 8.51. The number of benzene rings is 1. The first kappa shape index (κ1) is 15.1. The Morgan fingerprint density at radius 3 is 2.79 bits per heavy atom. The van der Waals surface area contributed by atoms with Gasteiger partial charge in [-0.1, -0.05) is 31.1 Å². The summed E-state index contributed by atoms with van der Waals surface area (Å²) in [7, 11) is 0. The van der Waals surface area contributed by atoms with E-state index in [4.69, 9.17) is 9.51 Å². The van der Waals surface area contributed by atoms with Crippen LogP contribution in [0.4, 0.5) is 5.82 Å². The summed E-state index contributed by atoms with van der Waals surface area (Å²) in [6.45, 7) is 5.97. The largest absolute Gasteiger partial charge is 0.355 e. The molecular weight excluding hydrogens is 302 g/mol. The molecule has 4 rings (SSSR count). The summed E-state index contributed by atoms with van der Waals surface area (Å²) in [6.07, 6.45) is 4.03. The van der Waals surface area contributed by atoms with Crippen LogP contribution in [0.1, 0.15) is 50.2 Å². The van der Waals surface area contributed by atoms with E-state index in [0.29, 0.717) is 5.89 Å². The highest BCUT2D eigenvalue weighted by Gasteiger charge is 2.26. The maximum Gasteiger partial charge on any atom is 0.229 e. The third-order valence-corrected chi connectivity index (χ3v) is 4.50. The molecule has 0 bridgehead atoms. The number of hydrogen-bond donors (Lipinski definition) is 0. The minimum Gasteiger partial charge on any atom is -0.355 e. The second kappa shape index (κ2) is 6.19. The first-order valence-electron chi connectivity index (χ1n) is 8.51. The SMILES string of the molecule is CC(C)c1nc([C@H]2CCCN(c3cnc4ccccc4n3)C2)no1. The van der Waals surface area contributed by atoms with Crippen molar-refractivity contribution in [2.75, 3.05) is 18.0 Å². The Kier molecular flexibility index (Phi) is 3.88. The second-order valence-corrected chi connectivity index (χ2v) is 6.65. The lowest BCUT2D eigenvalue weighted by Gasteiger charge is -2.32. The van der Waals surface area contributed by atoms with Gasteiger partial charge in [0, 0.05) is 24.9 Å². The normalized spacial score (nSPS) is 18.5. The Morgan fingerprint density at radius 2 is 2.00 bits per heavy atom. The van der Waals surface area contributed by atoms with Gasteiger partial charge in [0.25, 0.3) is 0 Å². The van der Waals surface area contributed by atoms with Crippen LogP contribution in [-0.2, 0) is 0 Å². The molecule has 3 aromatic rings. The number of anilines is 1. The van der Waals surface area contributed by atoms with Gasteiger partial charge in [-0.3, -0.25) is 4.98 Å². The Hall–Kier alpha value is -2.50. The monoisotopic (exact) mass is 323 g/mol. The number of piperidine rings is 1. The Balaban J connectivity index is 1.56. The summed E-state index contributed by atoms with van der Waals surface area (Å²) in [6, 6.07) is 7.96. The van der Waals surface area contributed by atoms with Gasteiger partial charge >= 0.3 is 0 Å². The number of fused-ring (bicyclic) bond motifs is 1. The Bertz CT molecular complexity index is 844. The maximum atomic E-state index is 5.37. The van der Waals surface area contributed by atoms with Crippen molar-refractivity contribution < 1.29 is 4.52 Å². The highest BCUT2D eigenvalue weighted by molar-refractivity contribution is 5.75. The highest BCUT2D eigenvalue weighted by Crippen LogP contribution is 2.28. The van der Waals surface area contributed by atoms with Crippen LogP contribution in [0, 0.1) is 0 Å². The van der Waals surface area contributed by atoms with Gasteiger partial charge in [-0.2, -0.15) is 4.98 Å². The third kappa shape index (κ3) is 2.84. The van der Waals surface area contributed by atoms with Crippen LogP contribution in [0.15, 0.2) is 35.0 Å². The fraction of sp³-hybridized carbons (Fsp3) is 0.444. The molecule has 1 atom stereocenters. The lowest BCUT2D eigenvalue weighted by atomic mass is 9.97. The summed E-state index contributed by atoms with van der Waals surface area (Å²) in [5.74, 6) is 3.00. The predicted molar refractivity (Wildman–Crippen MR) is 92.1 cm³/mol. The van der Waals surface area contributed by atoms with Crippen LogP contribution in [-0.4, -0.2) is 33.2 Å². The van der Waals surface area contributed by atoms with Gasteiger partial charge in [0.05, 0.1) is 17.2 Å². The molecule has 0 radical (unpaired) electrons. The fourth-order valence-electron chi connectivity index (χ4n) is 3.14. The van der Waals surface area contributed by atoms with Crippen molar-refractivity contribution in [3.63, 3.8) is 0 Å². The van der Waals surface area contributed by atoms with Gasteiger partial charge in [-0.15, -0.1) is 0 Å². The molecule has 0 amide bonds. The van der Waals surface area contributed by atoms with Crippen LogP contribution in [0.25, 0.3) is 11.0 Å². The van der Waals surface area contributed by atoms with Gasteiger partial charge in [0.15, 0.2) is 5.82 Å². The fourth-order valence-corrected chi connectivity index (χ4v) is 3.14. The standard InChI is InChI=1S/C18H21N5O/c1-12(2)18-21-17(22-24-18)13-6-5-9-23(11-13)16-10-19-14-7-3-4-8-15(14)20-16/h3-4,7-8,10,12-13H,5-6,9,11H2,1-2H3/t13-/m0/s1. The van der Waals surface area contributed by atoms with Gasteiger partial charge < -0.3 is 9.42 Å². The molecule has 24 heavy (non-hydrogen) atoms. The van der Waals surface area contributed by atoms with E-state index in [1.807, 2.05) is 30.5 Å². The van der Waals surface area contributed by atoms with Crippen molar-refractivity contribution in [3.05, 3.63) is 42.2 Å². The number of rotatable bonds is 3. The average molecular weight is 323 g/mol. The molecular formula is C18H21N5O. The van der Waals surface area contributed by atoms with Gasteiger partial charge in [-0.05, 0) is 25.0 Å². The van der Waals surface area contributed by atoms with Crippen LogP contribution >= 0.6 is 0 Å². The van der Waals surface area contributed by atoms with Crippen molar-refractivity contribution >= 4 is 16.9 Å². The molecule has 0 N–H and O–H groups in total. The minimum absolute atomic E-state index is 0.261. The summed E-state index contributed by atoms with van der Waals surface area (Å²) in [5, 5.41) is 4.19. The van der Waals surface area contributed by atoms with Crippen molar-refractivity contribution in [1.82, 2.24) is 20.1 Å². The summed E-state index contributed by atoms with van der Waals surface area (Å²) < 4.78 is 5.37. The molecule has 0 spiro atoms. The van der Waals surface area contributed by atoms with Gasteiger partial charge in [0.2, 0.25) is 5.89 Å². The zero-order valence-corrected chi connectivity index (χ0v) is 14.0. The number of aromatic nitrogens is 4. The molecule has 0 aliphatic carbocycles. The highest BCUT2D eigenvalue weighted by atomic mass is 16.5. The number of nitrogens with zero attached hydrogens (tertiary/aromatic N) is 5. The average Bonchev–Trinajstić information content (AvgIpc) is 3.12. The molecule has 1 aliphatic heterocycles. The van der Waals surface area contributed by atoms with E-state index in [0.717, 1.165) is 48.6 Å². The van der Waals surface area contributed by atoms with Crippen LogP contribution in [0.5, 0.6) is 0 Å². The van der Waals surface area contributed by atoms with Crippen molar-refractivity contribution in [2.45, 2.75) is 38.5 Å². The summed E-state index contributed by atoms with van der Waals surface area (Å²) in [5.41, 5.74) is 1.85. The maximum absolute atomic E-state index is 5.37.